The largest absolute Gasteiger partial charge is 0.488 e. The standard InChI is InChI=1S/C21H16F6N2O3/c22-20(23,24)18(21(25,26)27)32-19(30)29-8-7-17(12-29)31-16-6-2-5-15(10-16)14-4-1-3-13(9-14)11-28/h1-6,9-10,17-18H,7-8,12H2/t17-/m0/s1. The zero-order chi connectivity index (χ0) is 23.5. The summed E-state index contributed by atoms with van der Waals surface area (Å²) in [5.41, 5.74) is 1.97. The lowest BCUT2D eigenvalue weighted by Gasteiger charge is -2.25. The Balaban J connectivity index is 1.64. The van der Waals surface area contributed by atoms with Crippen molar-refractivity contribution < 1.29 is 40.6 Å². The fourth-order valence-corrected chi connectivity index (χ4v) is 3.19. The van der Waals surface area contributed by atoms with Gasteiger partial charge in [0.05, 0.1) is 18.2 Å². The Morgan fingerprint density at radius 3 is 2.28 bits per heavy atom. The first-order chi connectivity index (χ1) is 15.0. The van der Waals surface area contributed by atoms with E-state index in [2.05, 4.69) is 4.74 Å². The van der Waals surface area contributed by atoms with Crippen LogP contribution in [0, 0.1) is 11.3 Å². The molecule has 1 aliphatic rings. The molecule has 1 fully saturated rings. The Morgan fingerprint density at radius 2 is 1.66 bits per heavy atom. The maximum atomic E-state index is 12.6. The van der Waals surface area contributed by atoms with Crippen LogP contribution in [0.3, 0.4) is 0 Å². The molecule has 0 aromatic heterocycles. The number of carbonyl (C=O) groups is 1. The third kappa shape index (κ3) is 5.63. The second kappa shape index (κ2) is 8.98. The van der Waals surface area contributed by atoms with Crippen LogP contribution in [0.5, 0.6) is 5.75 Å². The molecule has 1 amide bonds. The average molecular weight is 458 g/mol. The van der Waals surface area contributed by atoms with E-state index in [1.54, 1.807) is 48.5 Å². The monoisotopic (exact) mass is 458 g/mol. The summed E-state index contributed by atoms with van der Waals surface area (Å²) < 4.78 is 85.0. The van der Waals surface area contributed by atoms with Gasteiger partial charge in [0, 0.05) is 13.0 Å². The van der Waals surface area contributed by atoms with Crippen molar-refractivity contribution in [2.24, 2.45) is 0 Å². The lowest BCUT2D eigenvalue weighted by atomic mass is 10.0. The van der Waals surface area contributed by atoms with E-state index in [1.807, 2.05) is 6.07 Å². The van der Waals surface area contributed by atoms with Gasteiger partial charge in [0.25, 0.3) is 6.10 Å². The Labute approximate surface area is 178 Å². The molecule has 2 aromatic carbocycles. The van der Waals surface area contributed by atoms with E-state index in [4.69, 9.17) is 10.00 Å². The predicted molar refractivity (Wildman–Crippen MR) is 99.6 cm³/mol. The number of hydrogen-bond donors (Lipinski definition) is 0. The molecule has 11 heteroatoms. The van der Waals surface area contributed by atoms with Crippen LogP contribution in [0.25, 0.3) is 11.1 Å². The quantitative estimate of drug-likeness (QED) is 0.583. The maximum Gasteiger partial charge on any atom is 0.434 e. The highest BCUT2D eigenvalue weighted by Gasteiger charge is 2.60. The first-order valence-corrected chi connectivity index (χ1v) is 9.33. The van der Waals surface area contributed by atoms with Gasteiger partial charge in [0.15, 0.2) is 0 Å². The van der Waals surface area contributed by atoms with E-state index in [9.17, 15) is 31.1 Å². The van der Waals surface area contributed by atoms with Crippen molar-refractivity contribution in [2.45, 2.75) is 31.0 Å². The number of nitriles is 1. The summed E-state index contributed by atoms with van der Waals surface area (Å²) in [5.74, 6) is 0.397. The van der Waals surface area contributed by atoms with Gasteiger partial charge in [-0.05, 0) is 35.4 Å². The van der Waals surface area contributed by atoms with E-state index in [1.165, 1.54) is 0 Å². The predicted octanol–water partition coefficient (Wildman–Crippen LogP) is 5.31. The highest BCUT2D eigenvalue weighted by atomic mass is 19.4. The number of nitrogens with zero attached hydrogens (tertiary/aromatic N) is 2. The van der Waals surface area contributed by atoms with E-state index in [-0.39, 0.29) is 19.5 Å². The molecule has 1 aliphatic heterocycles. The molecule has 0 spiro atoms. The highest BCUT2D eigenvalue weighted by Crippen LogP contribution is 2.36. The lowest BCUT2D eigenvalue weighted by Crippen LogP contribution is -2.48. The van der Waals surface area contributed by atoms with Gasteiger partial charge < -0.3 is 14.4 Å². The number of carbonyl (C=O) groups excluding carboxylic acids is 1. The Bertz CT molecular complexity index is 1000. The average Bonchev–Trinajstić information content (AvgIpc) is 3.19. The summed E-state index contributed by atoms with van der Waals surface area (Å²) in [6.45, 7) is -0.342. The first kappa shape index (κ1) is 23.2. The molecule has 170 valence electrons. The molecular weight excluding hydrogens is 442 g/mol. The third-order valence-corrected chi connectivity index (χ3v) is 4.68. The number of rotatable bonds is 4. The van der Waals surface area contributed by atoms with Crippen LogP contribution in [-0.2, 0) is 4.74 Å². The van der Waals surface area contributed by atoms with Crippen molar-refractivity contribution in [3.05, 3.63) is 54.1 Å². The van der Waals surface area contributed by atoms with Gasteiger partial charge in [0.2, 0.25) is 0 Å². The molecule has 3 rings (SSSR count). The summed E-state index contributed by atoms with van der Waals surface area (Å²) in [6.07, 6.45) is -17.9. The van der Waals surface area contributed by atoms with Crippen LogP contribution in [0.2, 0.25) is 0 Å². The van der Waals surface area contributed by atoms with Gasteiger partial charge in [-0.1, -0.05) is 24.3 Å². The molecule has 1 atom stereocenters. The van der Waals surface area contributed by atoms with E-state index < -0.39 is 30.7 Å². The Morgan fingerprint density at radius 1 is 1.03 bits per heavy atom. The molecule has 0 bridgehead atoms. The maximum absolute atomic E-state index is 12.6. The smallest absolute Gasteiger partial charge is 0.434 e. The zero-order valence-corrected chi connectivity index (χ0v) is 16.3. The molecule has 0 aliphatic carbocycles. The van der Waals surface area contributed by atoms with Crippen LogP contribution < -0.4 is 4.74 Å². The minimum absolute atomic E-state index is 0.115. The van der Waals surface area contributed by atoms with Crippen LogP contribution >= 0.6 is 0 Å². The van der Waals surface area contributed by atoms with Crippen molar-refractivity contribution in [3.8, 4) is 22.9 Å². The molecule has 1 saturated heterocycles. The number of hydrogen-bond acceptors (Lipinski definition) is 4. The highest BCUT2D eigenvalue weighted by molar-refractivity contribution is 5.68. The van der Waals surface area contributed by atoms with Crippen LogP contribution in [-0.4, -0.2) is 48.6 Å². The SMILES string of the molecule is N#Cc1cccc(-c2cccc(O[C@H]3CCN(C(=O)OC(C(F)(F)F)C(F)(F)F)C3)c2)c1. The van der Waals surface area contributed by atoms with Crippen molar-refractivity contribution in [1.82, 2.24) is 4.90 Å². The molecule has 32 heavy (non-hydrogen) atoms. The molecular formula is C21H16F6N2O3. The van der Waals surface area contributed by atoms with Crippen LogP contribution in [0.4, 0.5) is 31.1 Å². The number of likely N-dealkylation sites (tertiary alicyclic amines) is 1. The Kier molecular flexibility index (Phi) is 6.52. The van der Waals surface area contributed by atoms with Crippen molar-refractivity contribution in [3.63, 3.8) is 0 Å². The van der Waals surface area contributed by atoms with Gasteiger partial charge in [-0.3, -0.25) is 0 Å². The van der Waals surface area contributed by atoms with Crippen LogP contribution in [0.15, 0.2) is 48.5 Å². The lowest BCUT2D eigenvalue weighted by molar-refractivity contribution is -0.308. The van der Waals surface area contributed by atoms with E-state index in [0.717, 1.165) is 16.0 Å². The second-order valence-electron chi connectivity index (χ2n) is 7.04. The number of benzene rings is 2. The number of amides is 1. The molecule has 0 radical (unpaired) electrons. The normalized spacial score (nSPS) is 16.7. The second-order valence-corrected chi connectivity index (χ2v) is 7.04. The van der Waals surface area contributed by atoms with Gasteiger partial charge in [0.1, 0.15) is 11.9 Å². The zero-order valence-electron chi connectivity index (χ0n) is 16.3. The fraction of sp³-hybridized carbons (Fsp3) is 0.333. The van der Waals surface area contributed by atoms with Gasteiger partial charge >= 0.3 is 18.4 Å². The fourth-order valence-electron chi connectivity index (χ4n) is 3.19. The van der Waals surface area contributed by atoms with Crippen molar-refractivity contribution >= 4 is 6.09 Å². The topological polar surface area (TPSA) is 62.6 Å². The molecule has 0 unspecified atom stereocenters. The number of alkyl halides is 6. The van der Waals surface area contributed by atoms with Gasteiger partial charge in [-0.2, -0.15) is 31.6 Å². The minimum atomic E-state index is -5.77. The number of ether oxygens (including phenoxy) is 2. The third-order valence-electron chi connectivity index (χ3n) is 4.68. The molecule has 1 heterocycles. The Hall–Kier alpha value is -3.42. The molecule has 5 nitrogen and oxygen atoms in total. The van der Waals surface area contributed by atoms with Crippen molar-refractivity contribution in [2.75, 3.05) is 13.1 Å². The first-order valence-electron chi connectivity index (χ1n) is 9.33. The van der Waals surface area contributed by atoms with Crippen molar-refractivity contribution in [1.29, 1.82) is 5.26 Å². The summed E-state index contributed by atoms with van der Waals surface area (Å²) >= 11 is 0. The summed E-state index contributed by atoms with van der Waals surface area (Å²) in [4.78, 5) is 12.6. The van der Waals surface area contributed by atoms with E-state index >= 15 is 0 Å². The summed E-state index contributed by atoms with van der Waals surface area (Å²) in [6, 6.07) is 15.7. The summed E-state index contributed by atoms with van der Waals surface area (Å²) in [7, 11) is 0. The summed E-state index contributed by atoms with van der Waals surface area (Å²) in [5, 5.41) is 9.02. The number of halogens is 6. The molecule has 0 saturated carbocycles. The van der Waals surface area contributed by atoms with Crippen LogP contribution in [0.1, 0.15) is 12.0 Å². The van der Waals surface area contributed by atoms with Gasteiger partial charge in [-0.25, -0.2) is 4.79 Å². The minimum Gasteiger partial charge on any atom is -0.488 e. The van der Waals surface area contributed by atoms with Gasteiger partial charge in [-0.15, -0.1) is 0 Å². The molecule has 2 aromatic rings. The molecule has 0 N–H and O–H groups in total. The van der Waals surface area contributed by atoms with E-state index in [0.29, 0.717) is 11.3 Å².